The molecule has 0 aliphatic rings. The fourth-order valence-electron chi connectivity index (χ4n) is 1.72. The monoisotopic (exact) mass is 314 g/mol. The zero-order valence-electron chi connectivity index (χ0n) is 10.6. The average molecular weight is 315 g/mol. The van der Waals surface area contributed by atoms with Crippen LogP contribution in [0.5, 0.6) is 0 Å². The molecule has 2 rings (SSSR count). The molecular formula is C12H12Cl2N4O2. The van der Waals surface area contributed by atoms with E-state index in [-0.39, 0.29) is 15.7 Å². The van der Waals surface area contributed by atoms with Gasteiger partial charge in [-0.3, -0.25) is 14.8 Å². The second-order valence-electron chi connectivity index (χ2n) is 4.03. The van der Waals surface area contributed by atoms with Gasteiger partial charge in [0.15, 0.2) is 0 Å². The third kappa shape index (κ3) is 3.02. The molecule has 0 fully saturated rings. The molecular weight excluding hydrogens is 303 g/mol. The highest BCUT2D eigenvalue weighted by Crippen LogP contribution is 2.37. The molecule has 1 aromatic carbocycles. The van der Waals surface area contributed by atoms with Crippen LogP contribution >= 0.6 is 23.2 Å². The number of anilines is 1. The summed E-state index contributed by atoms with van der Waals surface area (Å²) in [6.07, 6.45) is 1.85. The largest absolute Gasteiger partial charge is 0.374 e. The fourth-order valence-corrected chi connectivity index (χ4v) is 2.11. The molecule has 1 N–H and O–H groups in total. The van der Waals surface area contributed by atoms with Crippen molar-refractivity contribution in [2.45, 2.75) is 20.0 Å². The van der Waals surface area contributed by atoms with Crippen LogP contribution in [0.25, 0.3) is 0 Å². The lowest BCUT2D eigenvalue weighted by molar-refractivity contribution is -0.383. The molecule has 0 radical (unpaired) electrons. The minimum Gasteiger partial charge on any atom is -0.374 e. The Hall–Kier alpha value is -1.79. The van der Waals surface area contributed by atoms with Crippen LogP contribution in [0.1, 0.15) is 12.6 Å². The van der Waals surface area contributed by atoms with Crippen LogP contribution < -0.4 is 5.32 Å². The van der Waals surface area contributed by atoms with E-state index in [2.05, 4.69) is 10.4 Å². The van der Waals surface area contributed by atoms with Gasteiger partial charge < -0.3 is 5.32 Å². The van der Waals surface area contributed by atoms with E-state index in [0.29, 0.717) is 12.2 Å². The van der Waals surface area contributed by atoms with Gasteiger partial charge >= 0.3 is 5.69 Å². The summed E-state index contributed by atoms with van der Waals surface area (Å²) >= 11 is 11.7. The lowest BCUT2D eigenvalue weighted by Gasteiger charge is -2.07. The van der Waals surface area contributed by atoms with E-state index in [9.17, 15) is 10.1 Å². The maximum atomic E-state index is 11.1. The third-order valence-corrected chi connectivity index (χ3v) is 3.53. The first-order valence-corrected chi connectivity index (χ1v) is 6.67. The zero-order valence-corrected chi connectivity index (χ0v) is 12.1. The van der Waals surface area contributed by atoms with Crippen molar-refractivity contribution in [3.8, 4) is 0 Å². The maximum absolute atomic E-state index is 11.1. The number of rotatable bonds is 5. The summed E-state index contributed by atoms with van der Waals surface area (Å²) in [7, 11) is 0. The summed E-state index contributed by atoms with van der Waals surface area (Å²) in [5, 5.41) is 18.4. The smallest absolute Gasteiger partial charge is 0.312 e. The average Bonchev–Trinajstić information content (AvgIpc) is 2.87. The standard InChI is InChI=1S/C12H12Cl2N4O2/c1-2-17-6-5-8(16-17)7-15-10-4-3-9(13)11(14)12(10)18(19)20/h3-6,15H,2,7H2,1H3. The number of nitrogens with one attached hydrogen (secondary N) is 1. The van der Waals surface area contributed by atoms with Crippen LogP contribution in [0.2, 0.25) is 10.0 Å². The van der Waals surface area contributed by atoms with E-state index in [4.69, 9.17) is 23.2 Å². The molecule has 0 aliphatic carbocycles. The molecule has 1 heterocycles. The molecule has 106 valence electrons. The molecule has 20 heavy (non-hydrogen) atoms. The van der Waals surface area contributed by atoms with E-state index in [1.54, 1.807) is 4.68 Å². The summed E-state index contributed by atoms with van der Waals surface area (Å²) in [5.41, 5.74) is 0.872. The summed E-state index contributed by atoms with van der Waals surface area (Å²) in [6, 6.07) is 4.90. The number of benzene rings is 1. The number of hydrogen-bond donors (Lipinski definition) is 1. The molecule has 0 amide bonds. The number of aromatic nitrogens is 2. The van der Waals surface area contributed by atoms with Crippen LogP contribution in [-0.4, -0.2) is 14.7 Å². The molecule has 2 aromatic rings. The number of aryl methyl sites for hydroxylation is 1. The van der Waals surface area contributed by atoms with Gasteiger partial charge in [-0.05, 0) is 25.1 Å². The molecule has 6 nitrogen and oxygen atoms in total. The van der Waals surface area contributed by atoms with E-state index in [1.807, 2.05) is 19.2 Å². The number of nitrogens with zero attached hydrogens (tertiary/aromatic N) is 3. The molecule has 0 aliphatic heterocycles. The van der Waals surface area contributed by atoms with E-state index >= 15 is 0 Å². The SMILES string of the molecule is CCn1ccc(CNc2ccc(Cl)c(Cl)c2[N+](=O)[O-])n1. The predicted molar refractivity (Wildman–Crippen MR) is 78.3 cm³/mol. The molecule has 8 heteroatoms. The summed E-state index contributed by atoms with van der Waals surface area (Å²) < 4.78 is 1.78. The Labute approximate surface area is 125 Å². The van der Waals surface area contributed by atoms with Crippen molar-refractivity contribution in [1.82, 2.24) is 9.78 Å². The van der Waals surface area contributed by atoms with Crippen LogP contribution in [0.15, 0.2) is 24.4 Å². The molecule has 1 aromatic heterocycles. The van der Waals surface area contributed by atoms with Crippen molar-refractivity contribution < 1.29 is 4.92 Å². The van der Waals surface area contributed by atoms with Gasteiger partial charge in [-0.15, -0.1) is 0 Å². The summed E-state index contributed by atoms with van der Waals surface area (Å²) in [5.74, 6) is 0. The van der Waals surface area contributed by atoms with Gasteiger partial charge in [0.25, 0.3) is 0 Å². The Morgan fingerprint density at radius 1 is 1.40 bits per heavy atom. The quantitative estimate of drug-likeness (QED) is 0.674. The Morgan fingerprint density at radius 2 is 2.15 bits per heavy atom. The minimum atomic E-state index is -0.554. The van der Waals surface area contributed by atoms with Crippen molar-refractivity contribution >= 4 is 34.6 Å². The topological polar surface area (TPSA) is 73.0 Å². The van der Waals surface area contributed by atoms with Crippen LogP contribution in [0.4, 0.5) is 11.4 Å². The second-order valence-corrected chi connectivity index (χ2v) is 4.82. The Kier molecular flexibility index (Phi) is 4.46. The first kappa shape index (κ1) is 14.6. The maximum Gasteiger partial charge on any atom is 0.312 e. The molecule has 0 atom stereocenters. The van der Waals surface area contributed by atoms with Gasteiger partial charge in [0, 0.05) is 12.7 Å². The predicted octanol–water partition coefficient (Wildman–Crippen LogP) is 3.73. The number of hydrogen-bond acceptors (Lipinski definition) is 4. The number of nitro benzene ring substituents is 1. The van der Waals surface area contributed by atoms with Gasteiger partial charge in [-0.2, -0.15) is 5.10 Å². The van der Waals surface area contributed by atoms with E-state index in [0.717, 1.165) is 12.2 Å². The van der Waals surface area contributed by atoms with Crippen molar-refractivity contribution in [2.24, 2.45) is 0 Å². The summed E-state index contributed by atoms with van der Waals surface area (Å²) in [6.45, 7) is 3.12. The Bertz CT molecular complexity index is 642. The number of halogens is 2. The third-order valence-electron chi connectivity index (χ3n) is 2.73. The van der Waals surface area contributed by atoms with Gasteiger partial charge in [-0.1, -0.05) is 23.2 Å². The molecule has 0 spiro atoms. The second kappa shape index (κ2) is 6.11. The number of nitro groups is 1. The summed E-state index contributed by atoms with van der Waals surface area (Å²) in [4.78, 5) is 10.5. The van der Waals surface area contributed by atoms with Crippen LogP contribution in [0, 0.1) is 10.1 Å². The van der Waals surface area contributed by atoms with Crippen molar-refractivity contribution in [3.05, 3.63) is 50.2 Å². The normalized spacial score (nSPS) is 10.6. The van der Waals surface area contributed by atoms with Crippen molar-refractivity contribution in [3.63, 3.8) is 0 Å². The van der Waals surface area contributed by atoms with Gasteiger partial charge in [0.2, 0.25) is 0 Å². The molecule has 0 bridgehead atoms. The minimum absolute atomic E-state index is 0.0687. The van der Waals surface area contributed by atoms with Crippen LogP contribution in [0.3, 0.4) is 0 Å². The Balaban J connectivity index is 2.21. The fraction of sp³-hybridized carbons (Fsp3) is 0.250. The van der Waals surface area contributed by atoms with Crippen LogP contribution in [-0.2, 0) is 13.1 Å². The zero-order chi connectivity index (χ0) is 14.7. The molecule has 0 saturated heterocycles. The van der Waals surface area contributed by atoms with Crippen molar-refractivity contribution in [2.75, 3.05) is 5.32 Å². The Morgan fingerprint density at radius 3 is 2.75 bits per heavy atom. The lowest BCUT2D eigenvalue weighted by Crippen LogP contribution is -2.05. The van der Waals surface area contributed by atoms with E-state index < -0.39 is 4.92 Å². The molecule has 0 unspecified atom stereocenters. The van der Waals surface area contributed by atoms with Gasteiger partial charge in [0.05, 0.1) is 22.2 Å². The van der Waals surface area contributed by atoms with Crippen molar-refractivity contribution in [1.29, 1.82) is 0 Å². The first-order chi connectivity index (χ1) is 9.52. The highest BCUT2D eigenvalue weighted by Gasteiger charge is 2.21. The highest BCUT2D eigenvalue weighted by molar-refractivity contribution is 6.43. The van der Waals surface area contributed by atoms with Gasteiger partial charge in [0.1, 0.15) is 10.7 Å². The first-order valence-electron chi connectivity index (χ1n) is 5.91. The molecule has 0 saturated carbocycles. The highest BCUT2D eigenvalue weighted by atomic mass is 35.5. The lowest BCUT2D eigenvalue weighted by atomic mass is 10.2. The van der Waals surface area contributed by atoms with E-state index in [1.165, 1.54) is 12.1 Å². The van der Waals surface area contributed by atoms with Gasteiger partial charge in [-0.25, -0.2) is 0 Å².